The van der Waals surface area contributed by atoms with Gasteiger partial charge in [-0.15, -0.1) is 0 Å². The highest BCUT2D eigenvalue weighted by atomic mass is 35.5. The Morgan fingerprint density at radius 3 is 2.84 bits per heavy atom. The number of hydrogen-bond acceptors (Lipinski definition) is 7. The van der Waals surface area contributed by atoms with E-state index in [0.717, 1.165) is 17.7 Å². The number of hydrogen-bond donors (Lipinski definition) is 1. The van der Waals surface area contributed by atoms with Crippen molar-refractivity contribution in [1.29, 1.82) is 0 Å². The number of Topliss-reactive ketones (excluding diaryl/α,β-unsaturated/α-hetero) is 2. The monoisotopic (exact) mass is 494 g/mol. The van der Waals surface area contributed by atoms with Crippen molar-refractivity contribution in [2.45, 2.75) is 30.9 Å². The third kappa shape index (κ3) is 3.43. The molecule has 11 heteroatoms. The number of nitrogens with one attached hydrogen (secondary N) is 1. The van der Waals surface area contributed by atoms with Gasteiger partial charge in [0.05, 0.1) is 6.20 Å². The number of anilines is 2. The molecular formula is C21H20Cl2N4O4S. The molecule has 0 radical (unpaired) electrons. The number of thiazole rings is 1. The zero-order valence-corrected chi connectivity index (χ0v) is 19.5. The Morgan fingerprint density at radius 2 is 2.12 bits per heavy atom. The Balaban J connectivity index is 1.41. The van der Waals surface area contributed by atoms with Crippen LogP contribution in [0.1, 0.15) is 18.9 Å². The maximum Gasteiger partial charge on any atom is 0.328 e. The molecule has 2 aromatic rings. The molecule has 2 amide bonds. The third-order valence-electron chi connectivity index (χ3n) is 6.40. The zero-order chi connectivity index (χ0) is 22.6. The summed E-state index contributed by atoms with van der Waals surface area (Å²) in [5.74, 6) is -0.865. The minimum Gasteiger partial charge on any atom is -0.368 e. The van der Waals surface area contributed by atoms with E-state index in [4.69, 9.17) is 27.9 Å². The summed E-state index contributed by atoms with van der Waals surface area (Å²) in [6.45, 7) is 3.75. The Morgan fingerprint density at radius 1 is 1.31 bits per heavy atom. The molecule has 168 valence electrons. The van der Waals surface area contributed by atoms with E-state index in [1.54, 1.807) is 17.9 Å². The van der Waals surface area contributed by atoms with E-state index in [1.165, 1.54) is 17.5 Å². The molecule has 1 N–H and O–H groups in total. The summed E-state index contributed by atoms with van der Waals surface area (Å²) < 4.78 is 6.02. The van der Waals surface area contributed by atoms with Gasteiger partial charge in [0, 0.05) is 35.8 Å². The van der Waals surface area contributed by atoms with Crippen LogP contribution in [0.5, 0.6) is 0 Å². The predicted octanol–water partition coefficient (Wildman–Crippen LogP) is 3.37. The fraction of sp³-hybridized carbons (Fsp3) is 0.429. The first kappa shape index (κ1) is 21.8. The molecule has 32 heavy (non-hydrogen) atoms. The van der Waals surface area contributed by atoms with Gasteiger partial charge in [-0.2, -0.15) is 0 Å². The normalized spacial score (nSPS) is 27.2. The molecule has 8 nitrogen and oxygen atoms in total. The molecule has 3 unspecified atom stereocenters. The lowest BCUT2D eigenvalue weighted by molar-refractivity contribution is -0.164. The average Bonchev–Trinajstić information content (AvgIpc) is 3.46. The van der Waals surface area contributed by atoms with Crippen molar-refractivity contribution < 1.29 is 19.1 Å². The number of ketones is 2. The molecule has 2 fully saturated rings. The van der Waals surface area contributed by atoms with Gasteiger partial charge in [-0.3, -0.25) is 24.7 Å². The molecule has 1 spiro atoms. The number of halogens is 2. The number of amides is 2. The number of urea groups is 1. The van der Waals surface area contributed by atoms with Gasteiger partial charge >= 0.3 is 6.03 Å². The van der Waals surface area contributed by atoms with Gasteiger partial charge in [0.2, 0.25) is 11.6 Å². The maximum absolute atomic E-state index is 13.1. The lowest BCUT2D eigenvalue weighted by atomic mass is 9.80. The first-order chi connectivity index (χ1) is 15.3. The van der Waals surface area contributed by atoms with Crippen LogP contribution in [-0.2, 0) is 19.7 Å². The van der Waals surface area contributed by atoms with Gasteiger partial charge in [0.15, 0.2) is 5.13 Å². The van der Waals surface area contributed by atoms with E-state index in [2.05, 4.69) is 10.3 Å². The zero-order valence-electron chi connectivity index (χ0n) is 17.1. The second-order valence-corrected chi connectivity index (χ2v) is 10.3. The lowest BCUT2D eigenvalue weighted by Gasteiger charge is -2.39. The number of carbonyl (C=O) groups excluding carboxylic acids is 3. The number of nitrogens with zero attached hydrogens (tertiary/aromatic N) is 3. The Hall–Kier alpha value is -2.04. The van der Waals surface area contributed by atoms with Crippen LogP contribution in [0.4, 0.5) is 15.6 Å². The van der Waals surface area contributed by atoms with Gasteiger partial charge in [-0.25, -0.2) is 9.78 Å². The highest BCUT2D eigenvalue weighted by Gasteiger charge is 2.58. The van der Waals surface area contributed by atoms with E-state index in [9.17, 15) is 14.4 Å². The first-order valence-electron chi connectivity index (χ1n) is 10.3. The van der Waals surface area contributed by atoms with Crippen LogP contribution in [0, 0.1) is 0 Å². The highest BCUT2D eigenvalue weighted by molar-refractivity contribution is 7.19. The summed E-state index contributed by atoms with van der Waals surface area (Å²) in [7, 11) is 0. The van der Waals surface area contributed by atoms with Crippen LogP contribution in [-0.4, -0.2) is 65.9 Å². The first-order valence-corrected chi connectivity index (χ1v) is 11.8. The maximum atomic E-state index is 13.1. The highest BCUT2D eigenvalue weighted by Crippen LogP contribution is 2.48. The van der Waals surface area contributed by atoms with Gasteiger partial charge in [0.1, 0.15) is 16.5 Å². The molecule has 3 aliphatic rings. The third-order valence-corrected chi connectivity index (χ3v) is 7.66. The van der Waals surface area contributed by atoms with E-state index in [-0.39, 0.29) is 6.03 Å². The van der Waals surface area contributed by atoms with Crippen molar-refractivity contribution in [1.82, 2.24) is 9.88 Å². The van der Waals surface area contributed by atoms with Crippen LogP contribution < -0.4 is 10.2 Å². The van der Waals surface area contributed by atoms with E-state index < -0.39 is 29.1 Å². The van der Waals surface area contributed by atoms with E-state index in [0.29, 0.717) is 40.7 Å². The molecule has 1 saturated carbocycles. The molecular weight excluding hydrogens is 475 g/mol. The van der Waals surface area contributed by atoms with Crippen LogP contribution >= 0.6 is 34.5 Å². The number of likely N-dealkylation sites (tertiary alicyclic amines) is 1. The fourth-order valence-corrected chi connectivity index (χ4v) is 5.93. The fourth-order valence-electron chi connectivity index (χ4n) is 4.96. The van der Waals surface area contributed by atoms with Crippen molar-refractivity contribution in [2.75, 3.05) is 36.5 Å². The van der Waals surface area contributed by atoms with Crippen molar-refractivity contribution in [3.63, 3.8) is 0 Å². The Kier molecular flexibility index (Phi) is 5.50. The van der Waals surface area contributed by atoms with Crippen LogP contribution in [0.25, 0.3) is 0 Å². The average molecular weight is 495 g/mol. The summed E-state index contributed by atoms with van der Waals surface area (Å²) in [5, 5.41) is 3.80. The summed E-state index contributed by atoms with van der Waals surface area (Å²) in [6, 6.07) is 4.61. The molecule has 0 bridgehead atoms. The number of ether oxygens (including phenoxy) is 1. The molecule has 3 heterocycles. The minimum absolute atomic E-state index is 0.308. The van der Waals surface area contributed by atoms with Crippen LogP contribution in [0.15, 0.2) is 24.4 Å². The topological polar surface area (TPSA) is 91.8 Å². The summed E-state index contributed by atoms with van der Waals surface area (Å²) in [4.78, 5) is 45.2. The van der Waals surface area contributed by atoms with Crippen LogP contribution in [0.2, 0.25) is 9.36 Å². The minimum atomic E-state index is -0.711. The van der Waals surface area contributed by atoms with Crippen molar-refractivity contribution in [2.24, 2.45) is 0 Å². The molecule has 1 aromatic heterocycles. The summed E-state index contributed by atoms with van der Waals surface area (Å²) in [6.07, 6.45) is 1.50. The summed E-state index contributed by atoms with van der Waals surface area (Å²) in [5.41, 5.74) is 1.34. The van der Waals surface area contributed by atoms with Gasteiger partial charge < -0.3 is 4.74 Å². The molecule has 5 rings (SSSR count). The van der Waals surface area contributed by atoms with Crippen LogP contribution in [0.3, 0.4) is 0 Å². The Bertz CT molecular complexity index is 1120. The van der Waals surface area contributed by atoms with Gasteiger partial charge in [-0.05, 0) is 43.7 Å². The van der Waals surface area contributed by atoms with Crippen molar-refractivity contribution in [3.8, 4) is 0 Å². The molecule has 2 aliphatic heterocycles. The second kappa shape index (κ2) is 8.07. The molecule has 3 atom stereocenters. The summed E-state index contributed by atoms with van der Waals surface area (Å²) >= 11 is 13.4. The smallest absolute Gasteiger partial charge is 0.328 e. The molecule has 1 aromatic carbocycles. The largest absolute Gasteiger partial charge is 0.368 e. The van der Waals surface area contributed by atoms with Crippen molar-refractivity contribution >= 4 is 63.0 Å². The number of rotatable bonds is 4. The molecule has 1 saturated heterocycles. The lowest BCUT2D eigenvalue weighted by Crippen LogP contribution is -2.66. The number of aromatic nitrogens is 1. The molecule has 1 aliphatic carbocycles. The quantitative estimate of drug-likeness (QED) is 0.655. The predicted molar refractivity (Wildman–Crippen MR) is 122 cm³/mol. The number of carbonyl (C=O) groups is 3. The van der Waals surface area contributed by atoms with Crippen molar-refractivity contribution in [3.05, 3.63) is 39.3 Å². The Labute approximate surface area is 198 Å². The second-order valence-electron chi connectivity index (χ2n) is 8.20. The number of benzene rings is 1. The van der Waals surface area contributed by atoms with Gasteiger partial charge in [-0.1, -0.05) is 34.5 Å². The van der Waals surface area contributed by atoms with Gasteiger partial charge in [0.25, 0.3) is 0 Å². The van der Waals surface area contributed by atoms with E-state index >= 15 is 0 Å². The van der Waals surface area contributed by atoms with E-state index in [1.807, 2.05) is 17.0 Å². The number of fused-ring (bicyclic) bond motifs is 2. The SMILES string of the molecule is CCOC1C(=O)C(=O)C1N1CCC2(CN(C(=O)Nc3ncc(Cl)s3)c3ccc(Cl)cc32)C1. The standard InChI is InChI=1S/C21H20Cl2N4O4S/c1-2-31-18-15(16(28)17(18)29)26-6-5-21(9-26)10-27(13-4-3-11(22)7-12(13)21)20(30)25-19-24-8-14(23)32-19/h3-4,7-8,15,18H,2,5-6,9-10H2,1H3,(H,24,25,30).